The Bertz CT molecular complexity index is 658. The molecule has 0 saturated carbocycles. The zero-order chi connectivity index (χ0) is 15.7. The Kier molecular flexibility index (Phi) is 4.25. The van der Waals surface area contributed by atoms with Gasteiger partial charge in [-0.25, -0.2) is 4.98 Å². The fourth-order valence-electron chi connectivity index (χ4n) is 3.18. The molecule has 3 rings (SSSR count). The topological polar surface area (TPSA) is 46.1 Å². The van der Waals surface area contributed by atoms with E-state index in [0.29, 0.717) is 11.8 Å². The third kappa shape index (κ3) is 3.04. The summed E-state index contributed by atoms with van der Waals surface area (Å²) < 4.78 is 0. The molecule has 2 atom stereocenters. The van der Waals surface area contributed by atoms with Gasteiger partial charge in [0.1, 0.15) is 9.88 Å². The molecule has 0 aliphatic carbocycles. The lowest BCUT2D eigenvalue weighted by Crippen LogP contribution is -2.42. The van der Waals surface area contributed by atoms with Crippen LogP contribution in [0.2, 0.25) is 0 Å². The van der Waals surface area contributed by atoms with Crippen molar-refractivity contribution < 1.29 is 4.79 Å². The van der Waals surface area contributed by atoms with Gasteiger partial charge >= 0.3 is 0 Å². The van der Waals surface area contributed by atoms with E-state index in [0.717, 1.165) is 34.2 Å². The molecule has 22 heavy (non-hydrogen) atoms. The quantitative estimate of drug-likeness (QED) is 0.850. The molecule has 1 saturated heterocycles. The summed E-state index contributed by atoms with van der Waals surface area (Å²) in [6.07, 6.45) is 4.73. The molecule has 2 unspecified atom stereocenters. The number of hydrogen-bond donors (Lipinski definition) is 0. The molecule has 1 fully saturated rings. The maximum atomic E-state index is 12.8. The average Bonchev–Trinajstić information content (AvgIpc) is 2.88. The predicted molar refractivity (Wildman–Crippen MR) is 88.9 cm³/mol. The van der Waals surface area contributed by atoms with Crippen molar-refractivity contribution in [3.63, 3.8) is 0 Å². The Morgan fingerprint density at radius 1 is 1.32 bits per heavy atom. The highest BCUT2D eigenvalue weighted by atomic mass is 32.1. The molecule has 5 heteroatoms. The van der Waals surface area contributed by atoms with Crippen molar-refractivity contribution in [3.05, 3.63) is 35.1 Å². The first-order valence-electron chi connectivity index (χ1n) is 7.71. The fourth-order valence-corrected chi connectivity index (χ4v) is 4.20. The van der Waals surface area contributed by atoms with E-state index in [1.807, 2.05) is 24.0 Å². The second kappa shape index (κ2) is 6.16. The van der Waals surface area contributed by atoms with E-state index < -0.39 is 0 Å². The highest BCUT2D eigenvalue weighted by Gasteiger charge is 2.28. The van der Waals surface area contributed by atoms with E-state index in [9.17, 15) is 4.79 Å². The van der Waals surface area contributed by atoms with Crippen LogP contribution in [0.5, 0.6) is 0 Å². The van der Waals surface area contributed by atoms with E-state index >= 15 is 0 Å². The van der Waals surface area contributed by atoms with Crippen LogP contribution in [-0.4, -0.2) is 33.9 Å². The van der Waals surface area contributed by atoms with Crippen LogP contribution in [0.3, 0.4) is 0 Å². The Balaban J connectivity index is 1.86. The molecular weight excluding hydrogens is 294 g/mol. The van der Waals surface area contributed by atoms with Gasteiger partial charge in [-0.05, 0) is 37.3 Å². The average molecular weight is 315 g/mol. The molecule has 116 valence electrons. The zero-order valence-corrected chi connectivity index (χ0v) is 14.1. The van der Waals surface area contributed by atoms with Crippen molar-refractivity contribution >= 4 is 17.2 Å². The van der Waals surface area contributed by atoms with E-state index in [2.05, 4.69) is 23.8 Å². The van der Waals surface area contributed by atoms with Gasteiger partial charge in [0.2, 0.25) is 0 Å². The molecule has 0 spiro atoms. The number of aryl methyl sites for hydroxylation is 1. The van der Waals surface area contributed by atoms with Crippen molar-refractivity contribution in [2.24, 2.45) is 11.8 Å². The first-order valence-corrected chi connectivity index (χ1v) is 8.53. The number of likely N-dealkylation sites (tertiary alicyclic amines) is 1. The normalized spacial score (nSPS) is 21.9. The molecule has 2 aromatic heterocycles. The third-order valence-corrected chi connectivity index (χ3v) is 5.25. The number of piperidine rings is 1. The summed E-state index contributed by atoms with van der Waals surface area (Å²) in [5.74, 6) is 1.26. The van der Waals surface area contributed by atoms with E-state index in [1.54, 1.807) is 12.4 Å². The predicted octanol–water partition coefficient (Wildman–Crippen LogP) is 3.63. The van der Waals surface area contributed by atoms with Crippen LogP contribution in [0, 0.1) is 18.8 Å². The second-order valence-corrected chi connectivity index (χ2v) is 7.33. The van der Waals surface area contributed by atoms with E-state index in [-0.39, 0.29) is 5.91 Å². The molecule has 0 radical (unpaired) electrons. The Morgan fingerprint density at radius 2 is 2.05 bits per heavy atom. The van der Waals surface area contributed by atoms with Crippen molar-refractivity contribution in [1.29, 1.82) is 0 Å². The number of thiazole rings is 1. The summed E-state index contributed by atoms with van der Waals surface area (Å²) in [6, 6.07) is 3.87. The third-order valence-electron chi connectivity index (χ3n) is 4.06. The van der Waals surface area contributed by atoms with Gasteiger partial charge in [0.15, 0.2) is 0 Å². The van der Waals surface area contributed by atoms with Gasteiger partial charge in [0.05, 0.1) is 5.69 Å². The highest BCUT2D eigenvalue weighted by Crippen LogP contribution is 2.30. The van der Waals surface area contributed by atoms with Crippen LogP contribution in [0.25, 0.3) is 10.6 Å². The molecule has 0 N–H and O–H groups in total. The number of hydrogen-bond acceptors (Lipinski definition) is 4. The molecule has 0 bridgehead atoms. The maximum absolute atomic E-state index is 12.8. The minimum absolute atomic E-state index is 0.128. The summed E-state index contributed by atoms with van der Waals surface area (Å²) >= 11 is 1.47. The van der Waals surface area contributed by atoms with Crippen molar-refractivity contribution in [2.45, 2.75) is 27.2 Å². The molecule has 2 aromatic rings. The number of carbonyl (C=O) groups excluding carboxylic acids is 1. The Labute approximate surface area is 135 Å². The minimum Gasteiger partial charge on any atom is -0.337 e. The number of amides is 1. The van der Waals surface area contributed by atoms with Gasteiger partial charge in [-0.2, -0.15) is 0 Å². The first-order chi connectivity index (χ1) is 10.5. The van der Waals surface area contributed by atoms with Gasteiger partial charge < -0.3 is 4.90 Å². The van der Waals surface area contributed by atoms with Gasteiger partial charge in [-0.15, -0.1) is 11.3 Å². The molecule has 3 heterocycles. The SMILES string of the molecule is Cc1nc(-c2cccnc2)sc1C(=O)N1CC(C)CC(C)C1. The zero-order valence-electron chi connectivity index (χ0n) is 13.2. The molecule has 1 aliphatic heterocycles. The largest absolute Gasteiger partial charge is 0.337 e. The fraction of sp³-hybridized carbons (Fsp3) is 0.471. The number of aromatic nitrogens is 2. The monoisotopic (exact) mass is 315 g/mol. The first kappa shape index (κ1) is 15.2. The summed E-state index contributed by atoms with van der Waals surface area (Å²) in [7, 11) is 0. The standard InChI is InChI=1S/C17H21N3OS/c1-11-7-12(2)10-20(9-11)17(21)15-13(3)19-16(22-15)14-5-4-6-18-8-14/h4-6,8,11-12H,7,9-10H2,1-3H3. The van der Waals surface area contributed by atoms with Crippen LogP contribution >= 0.6 is 11.3 Å². The molecule has 1 amide bonds. The Hall–Kier alpha value is -1.75. The van der Waals surface area contributed by atoms with Crippen LogP contribution in [0.1, 0.15) is 35.6 Å². The van der Waals surface area contributed by atoms with Crippen LogP contribution < -0.4 is 0 Å². The summed E-state index contributed by atoms with van der Waals surface area (Å²) in [6.45, 7) is 8.05. The molecular formula is C17H21N3OS. The number of carbonyl (C=O) groups is 1. The Morgan fingerprint density at radius 3 is 2.68 bits per heavy atom. The maximum Gasteiger partial charge on any atom is 0.265 e. The lowest BCUT2D eigenvalue weighted by molar-refractivity contribution is 0.0627. The van der Waals surface area contributed by atoms with Crippen LogP contribution in [0.15, 0.2) is 24.5 Å². The molecule has 0 aromatic carbocycles. The smallest absolute Gasteiger partial charge is 0.265 e. The lowest BCUT2D eigenvalue weighted by Gasteiger charge is -2.34. The molecule has 1 aliphatic rings. The number of nitrogens with zero attached hydrogens (tertiary/aromatic N) is 3. The van der Waals surface area contributed by atoms with E-state index in [4.69, 9.17) is 0 Å². The van der Waals surface area contributed by atoms with Crippen molar-refractivity contribution in [3.8, 4) is 10.6 Å². The van der Waals surface area contributed by atoms with Gasteiger partial charge in [-0.3, -0.25) is 9.78 Å². The van der Waals surface area contributed by atoms with Crippen molar-refractivity contribution in [1.82, 2.24) is 14.9 Å². The number of rotatable bonds is 2. The van der Waals surface area contributed by atoms with Gasteiger partial charge in [0, 0.05) is 31.0 Å². The lowest BCUT2D eigenvalue weighted by atomic mass is 9.92. The number of pyridine rings is 1. The minimum atomic E-state index is 0.128. The van der Waals surface area contributed by atoms with Crippen LogP contribution in [0.4, 0.5) is 0 Å². The second-order valence-electron chi connectivity index (χ2n) is 6.33. The van der Waals surface area contributed by atoms with Gasteiger partial charge in [0.25, 0.3) is 5.91 Å². The highest BCUT2D eigenvalue weighted by molar-refractivity contribution is 7.17. The van der Waals surface area contributed by atoms with Crippen molar-refractivity contribution in [2.75, 3.05) is 13.1 Å². The van der Waals surface area contributed by atoms with Gasteiger partial charge in [-0.1, -0.05) is 13.8 Å². The summed E-state index contributed by atoms with van der Waals surface area (Å²) in [4.78, 5) is 24.3. The summed E-state index contributed by atoms with van der Waals surface area (Å²) in [5, 5.41) is 0.868. The van der Waals surface area contributed by atoms with Crippen LogP contribution in [-0.2, 0) is 0 Å². The van der Waals surface area contributed by atoms with E-state index in [1.165, 1.54) is 17.8 Å². The molecule has 4 nitrogen and oxygen atoms in total. The summed E-state index contributed by atoms with van der Waals surface area (Å²) in [5.41, 5.74) is 1.79.